The highest BCUT2D eigenvalue weighted by molar-refractivity contribution is 6.30. The van der Waals surface area contributed by atoms with Crippen molar-refractivity contribution in [3.63, 3.8) is 0 Å². The number of halogens is 1. The minimum absolute atomic E-state index is 0.0939. The maximum atomic E-state index is 9.44. The predicted molar refractivity (Wildman–Crippen MR) is 83.1 cm³/mol. The van der Waals surface area contributed by atoms with Crippen molar-refractivity contribution < 1.29 is 5.11 Å². The fourth-order valence-electron chi connectivity index (χ4n) is 2.34. The third kappa shape index (κ3) is 3.51. The molecule has 106 valence electrons. The summed E-state index contributed by atoms with van der Waals surface area (Å²) in [6, 6.07) is 15.2. The van der Waals surface area contributed by atoms with Gasteiger partial charge in [0.05, 0.1) is 6.04 Å². The van der Waals surface area contributed by atoms with E-state index in [2.05, 4.69) is 4.90 Å². The molecule has 0 aliphatic rings. The molecular formula is C16H19ClN2O. The summed E-state index contributed by atoms with van der Waals surface area (Å²) in [4.78, 5) is 2.19. The van der Waals surface area contributed by atoms with Crippen molar-refractivity contribution in [2.24, 2.45) is 5.73 Å². The molecule has 20 heavy (non-hydrogen) atoms. The molecule has 1 atom stereocenters. The van der Waals surface area contributed by atoms with E-state index >= 15 is 0 Å². The molecule has 0 spiro atoms. The van der Waals surface area contributed by atoms with Gasteiger partial charge in [0.1, 0.15) is 5.75 Å². The quantitative estimate of drug-likeness (QED) is 0.890. The highest BCUT2D eigenvalue weighted by atomic mass is 35.5. The van der Waals surface area contributed by atoms with Crippen LogP contribution >= 0.6 is 11.6 Å². The Balaban J connectivity index is 2.38. The number of phenolic OH excluding ortho intramolecular Hbond substituents is 1. The van der Waals surface area contributed by atoms with E-state index in [1.54, 1.807) is 12.1 Å². The van der Waals surface area contributed by atoms with Crippen LogP contribution in [0.3, 0.4) is 0 Å². The molecule has 2 aromatic carbocycles. The molecule has 0 amide bonds. The number of hydrogen-bond donors (Lipinski definition) is 2. The lowest BCUT2D eigenvalue weighted by Gasteiger charge is -2.28. The topological polar surface area (TPSA) is 49.5 Å². The number of hydrogen-bond acceptors (Lipinski definition) is 3. The van der Waals surface area contributed by atoms with Crippen molar-refractivity contribution in [1.29, 1.82) is 0 Å². The molecule has 0 bridgehead atoms. The van der Waals surface area contributed by atoms with Crippen LogP contribution in [0.5, 0.6) is 5.75 Å². The van der Waals surface area contributed by atoms with Crippen molar-refractivity contribution in [3.05, 3.63) is 64.7 Å². The molecule has 2 rings (SSSR count). The Morgan fingerprint density at radius 3 is 2.05 bits per heavy atom. The van der Waals surface area contributed by atoms with Crippen LogP contribution in [-0.4, -0.2) is 30.1 Å². The molecule has 3 N–H and O–H groups in total. The average molecular weight is 291 g/mol. The Labute approximate surface area is 124 Å². The highest BCUT2D eigenvalue weighted by Crippen LogP contribution is 2.29. The van der Waals surface area contributed by atoms with Gasteiger partial charge in [0.15, 0.2) is 0 Å². The first-order valence-corrected chi connectivity index (χ1v) is 6.94. The predicted octanol–water partition coefficient (Wildman–Crippen LogP) is 3.03. The highest BCUT2D eigenvalue weighted by Gasteiger charge is 2.18. The van der Waals surface area contributed by atoms with Gasteiger partial charge in [0.2, 0.25) is 0 Å². The zero-order valence-electron chi connectivity index (χ0n) is 11.5. The first-order chi connectivity index (χ1) is 9.61. The summed E-state index contributed by atoms with van der Waals surface area (Å²) in [5.41, 5.74) is 7.93. The Morgan fingerprint density at radius 2 is 1.55 bits per heavy atom. The third-order valence-corrected chi connectivity index (χ3v) is 3.57. The second kappa shape index (κ2) is 6.75. The Kier molecular flexibility index (Phi) is 5.01. The molecule has 1 unspecified atom stereocenters. The minimum atomic E-state index is 0.0939. The van der Waals surface area contributed by atoms with Gasteiger partial charge >= 0.3 is 0 Å². The number of likely N-dealkylation sites (N-methyl/N-ethyl adjacent to an activating group) is 1. The van der Waals surface area contributed by atoms with Crippen LogP contribution in [0.15, 0.2) is 48.5 Å². The van der Waals surface area contributed by atoms with E-state index < -0.39 is 0 Å². The zero-order chi connectivity index (χ0) is 14.5. The van der Waals surface area contributed by atoms with Crippen LogP contribution in [-0.2, 0) is 0 Å². The Hall–Kier alpha value is -1.55. The first-order valence-electron chi connectivity index (χ1n) is 6.56. The molecule has 2 aromatic rings. The van der Waals surface area contributed by atoms with E-state index in [0.717, 1.165) is 22.7 Å². The molecule has 0 aromatic heterocycles. The second-order valence-corrected chi connectivity index (χ2v) is 5.25. The van der Waals surface area contributed by atoms with Gasteiger partial charge in [0, 0.05) is 18.1 Å². The zero-order valence-corrected chi connectivity index (χ0v) is 12.2. The summed E-state index contributed by atoms with van der Waals surface area (Å²) in [7, 11) is 2.04. The number of phenols is 1. The fourth-order valence-corrected chi connectivity index (χ4v) is 2.46. The van der Waals surface area contributed by atoms with E-state index in [1.807, 2.05) is 43.4 Å². The molecule has 0 aliphatic carbocycles. The summed E-state index contributed by atoms with van der Waals surface area (Å²) >= 11 is 5.96. The standard InChI is InChI=1S/C16H19ClN2O/c1-19(11-10-18)16(12-2-6-14(17)7-3-12)13-4-8-15(20)9-5-13/h2-9,16,20H,10-11,18H2,1H3. The normalized spacial score (nSPS) is 12.6. The summed E-state index contributed by atoms with van der Waals surface area (Å²) in [5, 5.41) is 10.2. The number of aromatic hydroxyl groups is 1. The third-order valence-electron chi connectivity index (χ3n) is 3.32. The molecular weight excluding hydrogens is 272 g/mol. The van der Waals surface area contributed by atoms with Gasteiger partial charge in [-0.2, -0.15) is 0 Å². The fraction of sp³-hybridized carbons (Fsp3) is 0.250. The number of nitrogens with zero attached hydrogens (tertiary/aromatic N) is 1. The lowest BCUT2D eigenvalue weighted by molar-refractivity contribution is 0.286. The van der Waals surface area contributed by atoms with Crippen molar-refractivity contribution in [1.82, 2.24) is 4.90 Å². The molecule has 0 heterocycles. The van der Waals surface area contributed by atoms with E-state index in [0.29, 0.717) is 6.54 Å². The summed E-state index contributed by atoms with van der Waals surface area (Å²) in [6.45, 7) is 1.38. The van der Waals surface area contributed by atoms with E-state index in [4.69, 9.17) is 17.3 Å². The SMILES string of the molecule is CN(CCN)C(c1ccc(O)cc1)c1ccc(Cl)cc1. The maximum Gasteiger partial charge on any atom is 0.115 e. The van der Waals surface area contributed by atoms with Crippen LogP contribution in [0, 0.1) is 0 Å². The molecule has 3 nitrogen and oxygen atoms in total. The van der Waals surface area contributed by atoms with Gasteiger partial charge in [-0.3, -0.25) is 4.90 Å². The number of nitrogens with two attached hydrogens (primary N) is 1. The molecule has 0 aliphatic heterocycles. The van der Waals surface area contributed by atoms with Crippen molar-refractivity contribution >= 4 is 11.6 Å². The van der Waals surface area contributed by atoms with Crippen LogP contribution in [0.25, 0.3) is 0 Å². The molecule has 0 radical (unpaired) electrons. The van der Waals surface area contributed by atoms with Gasteiger partial charge in [0.25, 0.3) is 0 Å². The number of rotatable bonds is 5. The van der Waals surface area contributed by atoms with Gasteiger partial charge in [-0.15, -0.1) is 0 Å². The first kappa shape index (κ1) is 14.9. The van der Waals surface area contributed by atoms with Gasteiger partial charge in [-0.05, 0) is 42.4 Å². The van der Waals surface area contributed by atoms with Crippen LogP contribution in [0.4, 0.5) is 0 Å². The van der Waals surface area contributed by atoms with Crippen LogP contribution in [0.1, 0.15) is 17.2 Å². The maximum absolute atomic E-state index is 9.44. The smallest absolute Gasteiger partial charge is 0.115 e. The summed E-state index contributed by atoms with van der Waals surface area (Å²) in [5.74, 6) is 0.269. The Morgan fingerprint density at radius 1 is 1.05 bits per heavy atom. The average Bonchev–Trinajstić information content (AvgIpc) is 2.44. The summed E-state index contributed by atoms with van der Waals surface area (Å²) < 4.78 is 0. The molecule has 0 saturated heterocycles. The minimum Gasteiger partial charge on any atom is -0.508 e. The van der Waals surface area contributed by atoms with Crippen molar-refractivity contribution in [2.75, 3.05) is 20.1 Å². The molecule has 0 fully saturated rings. The van der Waals surface area contributed by atoms with Crippen molar-refractivity contribution in [3.8, 4) is 5.75 Å². The lowest BCUT2D eigenvalue weighted by Crippen LogP contribution is -2.30. The number of benzene rings is 2. The van der Waals surface area contributed by atoms with Gasteiger partial charge in [-0.1, -0.05) is 35.9 Å². The second-order valence-electron chi connectivity index (χ2n) is 4.81. The molecule has 0 saturated carbocycles. The monoisotopic (exact) mass is 290 g/mol. The molecule has 4 heteroatoms. The largest absolute Gasteiger partial charge is 0.508 e. The van der Waals surface area contributed by atoms with E-state index in [9.17, 15) is 5.11 Å². The lowest BCUT2D eigenvalue weighted by atomic mass is 9.97. The van der Waals surface area contributed by atoms with Crippen LogP contribution in [0.2, 0.25) is 5.02 Å². The van der Waals surface area contributed by atoms with E-state index in [1.165, 1.54) is 0 Å². The van der Waals surface area contributed by atoms with Crippen molar-refractivity contribution in [2.45, 2.75) is 6.04 Å². The van der Waals surface area contributed by atoms with Gasteiger partial charge < -0.3 is 10.8 Å². The van der Waals surface area contributed by atoms with Gasteiger partial charge in [-0.25, -0.2) is 0 Å². The van der Waals surface area contributed by atoms with E-state index in [-0.39, 0.29) is 11.8 Å². The van der Waals surface area contributed by atoms with Crippen LogP contribution < -0.4 is 5.73 Å². The summed E-state index contributed by atoms with van der Waals surface area (Å²) in [6.07, 6.45) is 0. The Bertz CT molecular complexity index is 494.